The summed E-state index contributed by atoms with van der Waals surface area (Å²) < 4.78 is 13.0. The van der Waals surface area contributed by atoms with Crippen LogP contribution in [0.25, 0.3) is 22.3 Å². The number of methoxy groups -OCH3 is 2. The van der Waals surface area contributed by atoms with Crippen molar-refractivity contribution < 1.29 is 9.47 Å². The largest absolute Gasteiger partial charge is 0.497 e. The van der Waals surface area contributed by atoms with Crippen molar-refractivity contribution in [2.45, 2.75) is 31.7 Å². The summed E-state index contributed by atoms with van der Waals surface area (Å²) in [5, 5.41) is 7.60. The van der Waals surface area contributed by atoms with Gasteiger partial charge in [0.25, 0.3) is 0 Å². The molecule has 1 aliphatic rings. The van der Waals surface area contributed by atoms with Crippen LogP contribution in [-0.4, -0.2) is 47.6 Å². The molecule has 5 rings (SSSR count). The Hall–Kier alpha value is -3.45. The first kappa shape index (κ1) is 22.3. The highest BCUT2D eigenvalue weighted by Crippen LogP contribution is 2.43. The summed E-state index contributed by atoms with van der Waals surface area (Å²) in [7, 11) is 5.33. The second-order valence-electron chi connectivity index (χ2n) is 8.98. The Morgan fingerprint density at radius 1 is 1.00 bits per heavy atom. The van der Waals surface area contributed by atoms with Crippen molar-refractivity contribution in [1.82, 2.24) is 25.1 Å². The van der Waals surface area contributed by atoms with E-state index in [4.69, 9.17) is 14.5 Å². The van der Waals surface area contributed by atoms with Crippen LogP contribution < -0.4 is 14.8 Å². The third kappa shape index (κ3) is 4.89. The normalized spacial score (nSPS) is 14.3. The lowest BCUT2D eigenvalue weighted by atomic mass is 9.86. The summed E-state index contributed by atoms with van der Waals surface area (Å²) in [5.41, 5.74) is 6.05. The number of fused-ring (bicyclic) bond motifs is 1. The molecule has 1 saturated carbocycles. The third-order valence-corrected chi connectivity index (χ3v) is 6.53. The summed E-state index contributed by atoms with van der Waals surface area (Å²) in [5.74, 6) is 2.64. The lowest BCUT2D eigenvalue weighted by Gasteiger charge is -2.20. The van der Waals surface area contributed by atoms with Crippen LogP contribution in [0.2, 0.25) is 0 Å². The van der Waals surface area contributed by atoms with Crippen LogP contribution in [0.1, 0.15) is 36.3 Å². The number of hydrogen-bond donors (Lipinski definition) is 1. The molecule has 2 aromatic carbocycles. The Bertz CT molecular complexity index is 1260. The van der Waals surface area contributed by atoms with E-state index in [0.29, 0.717) is 0 Å². The Kier molecular flexibility index (Phi) is 6.45. The molecule has 1 atom stereocenters. The summed E-state index contributed by atoms with van der Waals surface area (Å²) in [6.45, 7) is 1.68. The van der Waals surface area contributed by atoms with Gasteiger partial charge in [-0.25, -0.2) is 4.98 Å². The number of benzene rings is 2. The van der Waals surface area contributed by atoms with Crippen LogP contribution >= 0.6 is 0 Å². The second-order valence-corrected chi connectivity index (χ2v) is 8.98. The van der Waals surface area contributed by atoms with Gasteiger partial charge in [-0.2, -0.15) is 5.10 Å². The topological polar surface area (TPSA) is 74.1 Å². The Labute approximate surface area is 200 Å². The molecule has 176 valence electrons. The first-order chi connectivity index (χ1) is 16.7. The van der Waals surface area contributed by atoms with Gasteiger partial charge in [-0.3, -0.25) is 9.67 Å². The molecular weight excluding hydrogens is 426 g/mol. The molecule has 7 nitrogen and oxygen atoms in total. The van der Waals surface area contributed by atoms with E-state index in [0.717, 1.165) is 59.2 Å². The SMILES string of the molecule is CNCCn1cc(-c2cnc3ccc(C(CC4CC4)c4cc(OC)cc(OC)c4)cc3n2)cn1. The standard InChI is InChI=1S/C27H31N5O2/c1-28-8-9-32-17-21(15-30-32)27-16-29-25-7-6-19(13-26(25)31-27)24(10-18-4-5-18)20-11-22(33-2)14-23(12-20)34-3/h6-7,11-18,24,28H,4-5,8-10H2,1-3H3. The number of aromatic nitrogens is 4. The summed E-state index contributed by atoms with van der Waals surface area (Å²) in [4.78, 5) is 9.64. The van der Waals surface area contributed by atoms with Gasteiger partial charge in [0.2, 0.25) is 0 Å². The maximum Gasteiger partial charge on any atom is 0.122 e. The molecule has 1 aliphatic carbocycles. The smallest absolute Gasteiger partial charge is 0.122 e. The molecule has 2 aromatic heterocycles. The van der Waals surface area contributed by atoms with Crippen LogP contribution in [0.3, 0.4) is 0 Å². The van der Waals surface area contributed by atoms with E-state index in [9.17, 15) is 0 Å². The zero-order valence-electron chi connectivity index (χ0n) is 20.0. The Balaban J connectivity index is 1.51. The second kappa shape index (κ2) is 9.81. The lowest BCUT2D eigenvalue weighted by molar-refractivity contribution is 0.392. The quantitative estimate of drug-likeness (QED) is 0.373. The van der Waals surface area contributed by atoms with Crippen molar-refractivity contribution in [3.8, 4) is 22.8 Å². The highest BCUT2D eigenvalue weighted by molar-refractivity contribution is 5.78. The third-order valence-electron chi connectivity index (χ3n) is 6.53. The summed E-state index contributed by atoms with van der Waals surface area (Å²) >= 11 is 0. The molecule has 0 bridgehead atoms. The van der Waals surface area contributed by atoms with Crippen LogP contribution in [-0.2, 0) is 6.54 Å². The van der Waals surface area contributed by atoms with E-state index in [1.165, 1.54) is 24.0 Å². The fraction of sp³-hybridized carbons (Fsp3) is 0.370. The highest BCUT2D eigenvalue weighted by atomic mass is 16.5. The Morgan fingerprint density at radius 3 is 2.50 bits per heavy atom. The maximum atomic E-state index is 5.55. The molecule has 1 unspecified atom stereocenters. The predicted octanol–water partition coefficient (Wildman–Crippen LogP) is 4.66. The highest BCUT2D eigenvalue weighted by Gasteiger charge is 2.28. The predicted molar refractivity (Wildman–Crippen MR) is 133 cm³/mol. The summed E-state index contributed by atoms with van der Waals surface area (Å²) in [6, 6.07) is 12.6. The molecule has 4 aromatic rings. The molecule has 7 heteroatoms. The zero-order valence-corrected chi connectivity index (χ0v) is 20.0. The van der Waals surface area contributed by atoms with Gasteiger partial charge < -0.3 is 14.8 Å². The fourth-order valence-corrected chi connectivity index (χ4v) is 4.41. The first-order valence-electron chi connectivity index (χ1n) is 11.8. The minimum Gasteiger partial charge on any atom is -0.497 e. The molecule has 34 heavy (non-hydrogen) atoms. The number of hydrogen-bond acceptors (Lipinski definition) is 6. The summed E-state index contributed by atoms with van der Waals surface area (Å²) in [6.07, 6.45) is 9.41. The molecule has 0 radical (unpaired) electrons. The number of nitrogens with zero attached hydrogens (tertiary/aromatic N) is 4. The molecule has 0 saturated heterocycles. The molecule has 2 heterocycles. The molecule has 0 amide bonds. The number of likely N-dealkylation sites (N-methyl/N-ethyl adjacent to an activating group) is 1. The maximum absolute atomic E-state index is 5.55. The van der Waals surface area contributed by atoms with E-state index in [1.807, 2.05) is 36.4 Å². The molecule has 0 spiro atoms. The fourth-order valence-electron chi connectivity index (χ4n) is 4.41. The average molecular weight is 458 g/mol. The lowest BCUT2D eigenvalue weighted by Crippen LogP contribution is -2.14. The van der Waals surface area contributed by atoms with Crippen molar-refractivity contribution in [2.75, 3.05) is 27.8 Å². The van der Waals surface area contributed by atoms with Gasteiger partial charge >= 0.3 is 0 Å². The van der Waals surface area contributed by atoms with Gasteiger partial charge in [-0.15, -0.1) is 0 Å². The minimum atomic E-state index is 0.246. The molecule has 0 aliphatic heterocycles. The number of nitrogens with one attached hydrogen (secondary N) is 1. The van der Waals surface area contributed by atoms with Crippen molar-refractivity contribution in [3.63, 3.8) is 0 Å². The van der Waals surface area contributed by atoms with Gasteiger partial charge in [0.05, 0.1) is 49.9 Å². The number of ether oxygens (including phenoxy) is 2. The van der Waals surface area contributed by atoms with Crippen molar-refractivity contribution >= 4 is 11.0 Å². The van der Waals surface area contributed by atoms with E-state index in [2.05, 4.69) is 45.7 Å². The molecule has 1 fully saturated rings. The van der Waals surface area contributed by atoms with Crippen LogP contribution in [0.5, 0.6) is 11.5 Å². The van der Waals surface area contributed by atoms with E-state index in [1.54, 1.807) is 14.2 Å². The van der Waals surface area contributed by atoms with Gasteiger partial charge in [-0.05, 0) is 54.8 Å². The van der Waals surface area contributed by atoms with Gasteiger partial charge in [-0.1, -0.05) is 18.9 Å². The van der Waals surface area contributed by atoms with Crippen LogP contribution in [0.4, 0.5) is 0 Å². The Morgan fingerprint density at radius 2 is 1.79 bits per heavy atom. The van der Waals surface area contributed by atoms with Gasteiger partial charge in [0.15, 0.2) is 0 Å². The first-order valence-corrected chi connectivity index (χ1v) is 11.8. The van der Waals surface area contributed by atoms with Crippen molar-refractivity contribution in [3.05, 3.63) is 66.1 Å². The molecule has 1 N–H and O–H groups in total. The number of rotatable bonds is 10. The van der Waals surface area contributed by atoms with Crippen LogP contribution in [0.15, 0.2) is 55.0 Å². The van der Waals surface area contributed by atoms with E-state index < -0.39 is 0 Å². The zero-order chi connectivity index (χ0) is 23.5. The van der Waals surface area contributed by atoms with Crippen LogP contribution in [0, 0.1) is 5.92 Å². The van der Waals surface area contributed by atoms with Crippen molar-refractivity contribution in [1.29, 1.82) is 0 Å². The van der Waals surface area contributed by atoms with Gasteiger partial charge in [0, 0.05) is 30.3 Å². The van der Waals surface area contributed by atoms with Gasteiger partial charge in [0.1, 0.15) is 11.5 Å². The van der Waals surface area contributed by atoms with Crippen molar-refractivity contribution in [2.24, 2.45) is 5.92 Å². The monoisotopic (exact) mass is 457 g/mol. The minimum absolute atomic E-state index is 0.246. The molecular formula is C27H31N5O2. The van der Waals surface area contributed by atoms with E-state index in [-0.39, 0.29) is 5.92 Å². The van der Waals surface area contributed by atoms with E-state index >= 15 is 0 Å². The average Bonchev–Trinajstić information content (AvgIpc) is 3.58.